The number of allylic oxidation sites excluding steroid dienone is 1. The first kappa shape index (κ1) is 15.2. The first-order valence-electron chi connectivity index (χ1n) is 6.87. The van der Waals surface area contributed by atoms with Crippen LogP contribution in [0.15, 0.2) is 10.5 Å². The SMILES string of the molecule is COC(=O)C1=C(C)c2c(C)c(C)c(C)c(C)c2SC1C. The van der Waals surface area contributed by atoms with E-state index in [1.807, 2.05) is 6.92 Å². The molecular weight excluding hydrogens is 268 g/mol. The molecule has 0 spiro atoms. The number of hydrogen-bond donors (Lipinski definition) is 0. The smallest absolute Gasteiger partial charge is 0.335 e. The molecule has 0 aliphatic carbocycles. The molecule has 2 nitrogen and oxygen atoms in total. The Balaban J connectivity index is 2.81. The van der Waals surface area contributed by atoms with Crippen molar-refractivity contribution in [2.24, 2.45) is 0 Å². The molecule has 20 heavy (non-hydrogen) atoms. The monoisotopic (exact) mass is 290 g/mol. The summed E-state index contributed by atoms with van der Waals surface area (Å²) in [6.07, 6.45) is 0. The van der Waals surface area contributed by atoms with Crippen LogP contribution in [0, 0.1) is 27.7 Å². The van der Waals surface area contributed by atoms with Crippen molar-refractivity contribution in [1.29, 1.82) is 0 Å². The van der Waals surface area contributed by atoms with Gasteiger partial charge in [0, 0.05) is 10.1 Å². The maximum atomic E-state index is 12.1. The van der Waals surface area contributed by atoms with Crippen molar-refractivity contribution in [2.75, 3.05) is 7.11 Å². The van der Waals surface area contributed by atoms with Crippen molar-refractivity contribution in [3.05, 3.63) is 33.4 Å². The van der Waals surface area contributed by atoms with Gasteiger partial charge in [-0.3, -0.25) is 0 Å². The van der Waals surface area contributed by atoms with E-state index in [0.29, 0.717) is 0 Å². The molecule has 0 radical (unpaired) electrons. The lowest BCUT2D eigenvalue weighted by atomic mass is 9.88. The van der Waals surface area contributed by atoms with E-state index in [-0.39, 0.29) is 11.2 Å². The van der Waals surface area contributed by atoms with Crippen LogP contribution in [-0.2, 0) is 9.53 Å². The average Bonchev–Trinajstić information content (AvgIpc) is 2.41. The Morgan fingerprint density at radius 2 is 1.55 bits per heavy atom. The molecule has 2 rings (SSSR count). The van der Waals surface area contributed by atoms with E-state index < -0.39 is 0 Å². The number of esters is 1. The maximum absolute atomic E-state index is 12.1. The standard InChI is InChI=1S/C17H22O2S/c1-8-9(2)11(4)16-14(10(8)3)12(5)15(13(6)20-16)17(18)19-7/h13H,1-7H3. The van der Waals surface area contributed by atoms with Gasteiger partial charge in [0.25, 0.3) is 0 Å². The normalized spacial score (nSPS) is 18.1. The van der Waals surface area contributed by atoms with Crippen molar-refractivity contribution < 1.29 is 9.53 Å². The molecule has 0 saturated carbocycles. The Kier molecular flexibility index (Phi) is 4.01. The molecule has 3 heteroatoms. The number of benzene rings is 1. The van der Waals surface area contributed by atoms with Crippen molar-refractivity contribution in [1.82, 2.24) is 0 Å². The van der Waals surface area contributed by atoms with Gasteiger partial charge in [0.05, 0.1) is 12.7 Å². The summed E-state index contributed by atoms with van der Waals surface area (Å²) in [6.45, 7) is 12.8. The first-order chi connectivity index (χ1) is 9.31. The molecule has 1 aliphatic rings. The molecule has 1 heterocycles. The third-order valence-electron chi connectivity index (χ3n) is 4.52. The number of hydrogen-bond acceptors (Lipinski definition) is 3. The second kappa shape index (κ2) is 5.28. The maximum Gasteiger partial charge on any atom is 0.335 e. The van der Waals surface area contributed by atoms with Crippen LogP contribution in [0.5, 0.6) is 0 Å². The van der Waals surface area contributed by atoms with E-state index in [1.165, 1.54) is 39.8 Å². The van der Waals surface area contributed by atoms with Gasteiger partial charge in [-0.2, -0.15) is 0 Å². The summed E-state index contributed by atoms with van der Waals surface area (Å²) in [5.74, 6) is -0.205. The molecule has 0 N–H and O–H groups in total. The van der Waals surface area contributed by atoms with Crippen LogP contribution in [0.3, 0.4) is 0 Å². The minimum Gasteiger partial charge on any atom is -0.466 e. The van der Waals surface area contributed by atoms with Gasteiger partial charge in [0.15, 0.2) is 0 Å². The summed E-state index contributed by atoms with van der Waals surface area (Å²) in [4.78, 5) is 13.4. The van der Waals surface area contributed by atoms with Crippen LogP contribution in [0.2, 0.25) is 0 Å². The molecule has 0 fully saturated rings. The van der Waals surface area contributed by atoms with Crippen LogP contribution < -0.4 is 0 Å². The van der Waals surface area contributed by atoms with Gasteiger partial charge in [0.2, 0.25) is 0 Å². The lowest BCUT2D eigenvalue weighted by Crippen LogP contribution is -2.20. The fraction of sp³-hybridized carbons (Fsp3) is 0.471. The first-order valence-corrected chi connectivity index (χ1v) is 7.75. The molecule has 1 aromatic carbocycles. The third kappa shape index (κ3) is 2.08. The van der Waals surface area contributed by atoms with Crippen molar-refractivity contribution >= 4 is 23.3 Å². The zero-order chi connectivity index (χ0) is 15.2. The number of fused-ring (bicyclic) bond motifs is 1. The summed E-state index contributed by atoms with van der Waals surface area (Å²) in [5.41, 5.74) is 8.39. The topological polar surface area (TPSA) is 26.3 Å². The Morgan fingerprint density at radius 3 is 2.10 bits per heavy atom. The van der Waals surface area contributed by atoms with E-state index in [2.05, 4.69) is 34.6 Å². The van der Waals surface area contributed by atoms with Crippen LogP contribution in [0.4, 0.5) is 0 Å². The van der Waals surface area contributed by atoms with Crippen LogP contribution in [0.1, 0.15) is 41.7 Å². The highest BCUT2D eigenvalue weighted by Gasteiger charge is 2.31. The van der Waals surface area contributed by atoms with Gasteiger partial charge in [-0.05, 0) is 74.9 Å². The second-order valence-corrected chi connectivity index (χ2v) is 6.85. The molecule has 0 aromatic heterocycles. The summed E-state index contributed by atoms with van der Waals surface area (Å²) in [6, 6.07) is 0. The number of thioether (sulfide) groups is 1. The quantitative estimate of drug-likeness (QED) is 0.719. The number of methoxy groups -OCH3 is 1. The molecular formula is C17H22O2S. The van der Waals surface area contributed by atoms with E-state index in [4.69, 9.17) is 4.74 Å². The van der Waals surface area contributed by atoms with Crippen molar-refractivity contribution in [3.8, 4) is 0 Å². The van der Waals surface area contributed by atoms with Crippen molar-refractivity contribution in [3.63, 3.8) is 0 Å². The number of ether oxygens (including phenoxy) is 1. The predicted octanol–water partition coefficient (Wildman–Crippen LogP) is 4.36. The van der Waals surface area contributed by atoms with E-state index in [1.54, 1.807) is 11.8 Å². The highest BCUT2D eigenvalue weighted by Crippen LogP contribution is 2.46. The van der Waals surface area contributed by atoms with E-state index >= 15 is 0 Å². The zero-order valence-electron chi connectivity index (χ0n) is 13.3. The van der Waals surface area contributed by atoms with Gasteiger partial charge in [0.1, 0.15) is 0 Å². The van der Waals surface area contributed by atoms with Gasteiger partial charge in [-0.1, -0.05) is 0 Å². The van der Waals surface area contributed by atoms with Crippen LogP contribution >= 0.6 is 11.8 Å². The number of carbonyl (C=O) groups excluding carboxylic acids is 1. The Hall–Kier alpha value is -1.22. The lowest BCUT2D eigenvalue weighted by Gasteiger charge is -2.29. The Morgan fingerprint density at radius 1 is 1.00 bits per heavy atom. The van der Waals surface area contributed by atoms with E-state index in [0.717, 1.165) is 11.1 Å². The minimum absolute atomic E-state index is 0.134. The molecule has 1 aromatic rings. The van der Waals surface area contributed by atoms with Crippen molar-refractivity contribution in [2.45, 2.75) is 51.7 Å². The molecule has 1 atom stereocenters. The van der Waals surface area contributed by atoms with Crippen LogP contribution in [-0.4, -0.2) is 18.3 Å². The fourth-order valence-corrected chi connectivity index (χ4v) is 4.48. The number of rotatable bonds is 1. The van der Waals surface area contributed by atoms with Gasteiger partial charge >= 0.3 is 5.97 Å². The van der Waals surface area contributed by atoms with E-state index in [9.17, 15) is 4.79 Å². The average molecular weight is 290 g/mol. The second-order valence-electron chi connectivity index (χ2n) is 5.49. The highest BCUT2D eigenvalue weighted by molar-refractivity contribution is 8.00. The highest BCUT2D eigenvalue weighted by atomic mass is 32.2. The summed E-state index contributed by atoms with van der Waals surface area (Å²) in [5, 5.41) is 0.134. The zero-order valence-corrected chi connectivity index (χ0v) is 14.1. The summed E-state index contributed by atoms with van der Waals surface area (Å²) >= 11 is 1.77. The minimum atomic E-state index is -0.205. The van der Waals surface area contributed by atoms with Gasteiger partial charge in [-0.15, -0.1) is 11.8 Å². The Labute approximate surface area is 125 Å². The van der Waals surface area contributed by atoms with Gasteiger partial charge in [-0.25, -0.2) is 4.79 Å². The summed E-state index contributed by atoms with van der Waals surface area (Å²) < 4.78 is 4.96. The molecule has 0 saturated heterocycles. The summed E-state index contributed by atoms with van der Waals surface area (Å²) in [7, 11) is 1.45. The molecule has 0 amide bonds. The lowest BCUT2D eigenvalue weighted by molar-refractivity contribution is -0.136. The van der Waals surface area contributed by atoms with Gasteiger partial charge < -0.3 is 4.74 Å². The predicted molar refractivity (Wildman–Crippen MR) is 85.3 cm³/mol. The largest absolute Gasteiger partial charge is 0.466 e. The molecule has 1 unspecified atom stereocenters. The molecule has 0 bridgehead atoms. The fourth-order valence-electron chi connectivity index (χ4n) is 2.98. The van der Waals surface area contributed by atoms with Crippen LogP contribution in [0.25, 0.3) is 5.57 Å². The third-order valence-corrected chi connectivity index (χ3v) is 5.85. The molecule has 108 valence electrons. The Bertz CT molecular complexity index is 627. The molecule has 1 aliphatic heterocycles. The number of carbonyl (C=O) groups is 1.